The van der Waals surface area contributed by atoms with E-state index < -0.39 is 0 Å². The molecule has 3 aromatic rings. The Hall–Kier alpha value is -2.34. The van der Waals surface area contributed by atoms with Crippen LogP contribution in [-0.4, -0.2) is 26.5 Å². The Morgan fingerprint density at radius 1 is 1.20 bits per heavy atom. The molecule has 6 nitrogen and oxygen atoms in total. The standard InChI is InChI=1S/C18H20ClN5O/c19-13-7-4-8-14(9-13)22-18-23-16-15(20-11-21-16)17(24-18)25-10-12-5-2-1-3-6-12/h4,7-9,11-12H,1-3,5-6,10H2,(H2,20,21,22,23,24). The van der Waals surface area contributed by atoms with Gasteiger partial charge in [-0.3, -0.25) is 0 Å². The molecule has 7 heteroatoms. The van der Waals surface area contributed by atoms with Gasteiger partial charge in [0.1, 0.15) is 5.52 Å². The topological polar surface area (TPSA) is 75.7 Å². The highest BCUT2D eigenvalue weighted by Gasteiger charge is 2.17. The van der Waals surface area contributed by atoms with E-state index in [9.17, 15) is 0 Å². The van der Waals surface area contributed by atoms with Crippen molar-refractivity contribution in [3.8, 4) is 5.88 Å². The summed E-state index contributed by atoms with van der Waals surface area (Å²) < 4.78 is 6.03. The van der Waals surface area contributed by atoms with Crippen molar-refractivity contribution in [1.29, 1.82) is 0 Å². The molecule has 2 N–H and O–H groups in total. The van der Waals surface area contributed by atoms with Crippen molar-refractivity contribution in [3.63, 3.8) is 0 Å². The van der Waals surface area contributed by atoms with E-state index in [0.717, 1.165) is 11.2 Å². The van der Waals surface area contributed by atoms with Gasteiger partial charge in [0, 0.05) is 10.7 Å². The van der Waals surface area contributed by atoms with Gasteiger partial charge in [-0.05, 0) is 37.0 Å². The lowest BCUT2D eigenvalue weighted by molar-refractivity contribution is 0.205. The molecular weight excluding hydrogens is 338 g/mol. The number of nitrogens with one attached hydrogen (secondary N) is 2. The molecule has 0 aliphatic heterocycles. The van der Waals surface area contributed by atoms with Crippen LogP contribution in [0, 0.1) is 5.92 Å². The second-order valence-electron chi connectivity index (χ2n) is 6.40. The van der Waals surface area contributed by atoms with Gasteiger partial charge in [0.2, 0.25) is 11.8 Å². The Kier molecular flexibility index (Phi) is 4.70. The Morgan fingerprint density at radius 3 is 2.92 bits per heavy atom. The monoisotopic (exact) mass is 357 g/mol. The molecule has 25 heavy (non-hydrogen) atoms. The lowest BCUT2D eigenvalue weighted by Gasteiger charge is -2.21. The lowest BCUT2D eigenvalue weighted by Crippen LogP contribution is -2.16. The number of ether oxygens (including phenoxy) is 1. The maximum atomic E-state index is 6.03. The minimum Gasteiger partial charge on any atom is -0.476 e. The first-order valence-corrected chi connectivity index (χ1v) is 9.02. The minimum atomic E-state index is 0.445. The number of hydrogen-bond acceptors (Lipinski definition) is 5. The quantitative estimate of drug-likeness (QED) is 0.691. The molecule has 130 valence electrons. The highest BCUT2D eigenvalue weighted by atomic mass is 35.5. The smallest absolute Gasteiger partial charge is 0.245 e. The van der Waals surface area contributed by atoms with Crippen LogP contribution in [0.5, 0.6) is 5.88 Å². The van der Waals surface area contributed by atoms with Crippen LogP contribution in [0.4, 0.5) is 11.6 Å². The minimum absolute atomic E-state index is 0.445. The number of rotatable bonds is 5. The zero-order valence-corrected chi connectivity index (χ0v) is 14.6. The Morgan fingerprint density at radius 2 is 2.08 bits per heavy atom. The molecule has 1 fully saturated rings. The van der Waals surface area contributed by atoms with Gasteiger partial charge in [-0.15, -0.1) is 0 Å². The third-order valence-corrected chi connectivity index (χ3v) is 4.75. The summed E-state index contributed by atoms with van der Waals surface area (Å²) in [5.74, 6) is 1.59. The van der Waals surface area contributed by atoms with Gasteiger partial charge >= 0.3 is 0 Å². The predicted octanol–water partition coefficient (Wildman–Crippen LogP) is 4.71. The molecule has 4 rings (SSSR count). The fourth-order valence-electron chi connectivity index (χ4n) is 3.21. The number of benzene rings is 1. The molecule has 0 atom stereocenters. The summed E-state index contributed by atoms with van der Waals surface area (Å²) in [5.41, 5.74) is 2.13. The second-order valence-corrected chi connectivity index (χ2v) is 6.84. The van der Waals surface area contributed by atoms with E-state index in [-0.39, 0.29) is 0 Å². The van der Waals surface area contributed by atoms with Crippen LogP contribution < -0.4 is 10.1 Å². The molecule has 2 heterocycles. The SMILES string of the molecule is Clc1cccc(Nc2nc(OCC3CCCCC3)c3[nH]cnc3n2)c1. The van der Waals surface area contributed by atoms with Crippen LogP contribution in [0.15, 0.2) is 30.6 Å². The molecule has 1 saturated carbocycles. The summed E-state index contributed by atoms with van der Waals surface area (Å²) in [5, 5.41) is 3.82. The largest absolute Gasteiger partial charge is 0.476 e. The average molecular weight is 358 g/mol. The summed E-state index contributed by atoms with van der Waals surface area (Å²) in [6.07, 6.45) is 7.98. The predicted molar refractivity (Wildman–Crippen MR) is 98.5 cm³/mol. The summed E-state index contributed by atoms with van der Waals surface area (Å²) in [7, 11) is 0. The van der Waals surface area contributed by atoms with Crippen LogP contribution >= 0.6 is 11.6 Å². The number of halogens is 1. The highest BCUT2D eigenvalue weighted by Crippen LogP contribution is 2.27. The summed E-state index contributed by atoms with van der Waals surface area (Å²) >= 11 is 6.03. The van der Waals surface area contributed by atoms with E-state index >= 15 is 0 Å². The van der Waals surface area contributed by atoms with Gasteiger partial charge in [0.25, 0.3) is 0 Å². The highest BCUT2D eigenvalue weighted by molar-refractivity contribution is 6.30. The number of hydrogen-bond donors (Lipinski definition) is 2. The van der Waals surface area contributed by atoms with Crippen molar-refractivity contribution < 1.29 is 4.74 Å². The van der Waals surface area contributed by atoms with Crippen LogP contribution in [0.3, 0.4) is 0 Å². The van der Waals surface area contributed by atoms with Gasteiger partial charge in [0.15, 0.2) is 5.65 Å². The molecule has 0 saturated heterocycles. The molecule has 0 spiro atoms. The third-order valence-electron chi connectivity index (χ3n) is 4.51. The van der Waals surface area contributed by atoms with Gasteiger partial charge in [-0.1, -0.05) is 36.9 Å². The molecule has 2 aromatic heterocycles. The molecule has 0 radical (unpaired) electrons. The van der Waals surface area contributed by atoms with Crippen molar-refractivity contribution in [2.45, 2.75) is 32.1 Å². The van der Waals surface area contributed by atoms with Crippen molar-refractivity contribution >= 4 is 34.4 Å². The number of H-pyrrole nitrogens is 1. The summed E-state index contributed by atoms with van der Waals surface area (Å²) in [4.78, 5) is 16.3. The number of anilines is 2. The maximum absolute atomic E-state index is 6.03. The Balaban J connectivity index is 1.56. The van der Waals surface area contributed by atoms with E-state index in [1.54, 1.807) is 6.33 Å². The van der Waals surface area contributed by atoms with Crippen LogP contribution in [0.25, 0.3) is 11.2 Å². The number of imidazole rings is 1. The first-order valence-electron chi connectivity index (χ1n) is 8.64. The van der Waals surface area contributed by atoms with Gasteiger partial charge < -0.3 is 15.0 Å². The molecular formula is C18H20ClN5O. The molecule has 0 unspecified atom stereocenters. The van der Waals surface area contributed by atoms with E-state index in [1.165, 1.54) is 32.1 Å². The molecule has 1 aliphatic rings. The normalized spacial score (nSPS) is 15.4. The first kappa shape index (κ1) is 16.1. The zero-order chi connectivity index (χ0) is 17.1. The second kappa shape index (κ2) is 7.27. The van der Waals surface area contributed by atoms with E-state index in [1.807, 2.05) is 24.3 Å². The van der Waals surface area contributed by atoms with Crippen molar-refractivity contribution in [3.05, 3.63) is 35.6 Å². The molecule has 1 aliphatic carbocycles. The zero-order valence-electron chi connectivity index (χ0n) is 13.8. The lowest BCUT2D eigenvalue weighted by atomic mass is 9.90. The van der Waals surface area contributed by atoms with Gasteiger partial charge in [0.05, 0.1) is 12.9 Å². The fraction of sp³-hybridized carbons (Fsp3) is 0.389. The first-order chi connectivity index (χ1) is 12.3. The fourth-order valence-corrected chi connectivity index (χ4v) is 3.40. The van der Waals surface area contributed by atoms with Crippen molar-refractivity contribution in [1.82, 2.24) is 19.9 Å². The van der Waals surface area contributed by atoms with Crippen molar-refractivity contribution in [2.75, 3.05) is 11.9 Å². The van der Waals surface area contributed by atoms with Gasteiger partial charge in [-0.25, -0.2) is 4.98 Å². The summed E-state index contributed by atoms with van der Waals surface area (Å²) in [6, 6.07) is 7.43. The Labute approximate surface area is 151 Å². The Bertz CT molecular complexity index is 860. The van der Waals surface area contributed by atoms with Gasteiger partial charge in [-0.2, -0.15) is 9.97 Å². The summed E-state index contributed by atoms with van der Waals surface area (Å²) in [6.45, 7) is 0.682. The van der Waals surface area contributed by atoms with Crippen LogP contribution in [0.1, 0.15) is 32.1 Å². The number of aromatic amines is 1. The average Bonchev–Trinajstić information content (AvgIpc) is 3.09. The molecule has 0 amide bonds. The maximum Gasteiger partial charge on any atom is 0.245 e. The van der Waals surface area contributed by atoms with E-state index in [0.29, 0.717) is 35.0 Å². The molecule has 0 bridgehead atoms. The van der Waals surface area contributed by atoms with E-state index in [2.05, 4.69) is 25.3 Å². The molecule has 1 aromatic carbocycles. The van der Waals surface area contributed by atoms with Crippen molar-refractivity contribution in [2.24, 2.45) is 5.92 Å². The number of nitrogens with zero attached hydrogens (tertiary/aromatic N) is 3. The third kappa shape index (κ3) is 3.85. The van der Waals surface area contributed by atoms with E-state index in [4.69, 9.17) is 16.3 Å². The van der Waals surface area contributed by atoms with Crippen LogP contribution in [-0.2, 0) is 0 Å². The van der Waals surface area contributed by atoms with Crippen LogP contribution in [0.2, 0.25) is 5.02 Å². The number of fused-ring (bicyclic) bond motifs is 1. The number of aromatic nitrogens is 4.